The Morgan fingerprint density at radius 1 is 1.50 bits per heavy atom. The minimum Gasteiger partial charge on any atom is -0.353 e. The van der Waals surface area contributed by atoms with E-state index in [1.165, 1.54) is 19.3 Å². The zero-order valence-electron chi connectivity index (χ0n) is 5.96. The summed E-state index contributed by atoms with van der Waals surface area (Å²) in [5, 5.41) is 2.94. The Kier molecular flexibility index (Phi) is 1.46. The van der Waals surface area contributed by atoms with Crippen LogP contribution in [-0.4, -0.2) is 12.4 Å². The number of nitrogens with zero attached hydrogens (tertiary/aromatic N) is 1. The van der Waals surface area contributed by atoms with E-state index in [9.17, 15) is 0 Å². The van der Waals surface area contributed by atoms with Crippen LogP contribution in [0.2, 0.25) is 0 Å². The molecule has 0 bridgehead atoms. The summed E-state index contributed by atoms with van der Waals surface area (Å²) in [6, 6.07) is 0.466. The van der Waals surface area contributed by atoms with Crippen LogP contribution in [-0.2, 0) is 0 Å². The molecule has 0 spiro atoms. The van der Waals surface area contributed by atoms with Gasteiger partial charge in [-0.25, -0.2) is 0 Å². The van der Waals surface area contributed by atoms with Gasteiger partial charge in [-0.1, -0.05) is 12.8 Å². The van der Waals surface area contributed by atoms with E-state index in [4.69, 9.17) is 0 Å². The molecule has 0 aromatic rings. The van der Waals surface area contributed by atoms with Crippen molar-refractivity contribution in [2.45, 2.75) is 25.3 Å². The van der Waals surface area contributed by atoms with Gasteiger partial charge in [-0.3, -0.25) is 4.99 Å². The molecule has 2 heteroatoms. The molecule has 2 aliphatic rings. The van der Waals surface area contributed by atoms with Gasteiger partial charge in [0.1, 0.15) is 0 Å². The maximum Gasteiger partial charge on any atom is 0.0870 e. The van der Waals surface area contributed by atoms with E-state index in [1.807, 2.05) is 6.20 Å². The Bertz CT molecular complexity index is 156. The van der Waals surface area contributed by atoms with E-state index < -0.39 is 0 Å². The largest absolute Gasteiger partial charge is 0.353 e. The first-order valence-corrected chi connectivity index (χ1v) is 3.89. The van der Waals surface area contributed by atoms with Crippen LogP contribution in [0.15, 0.2) is 17.3 Å². The fourth-order valence-corrected chi connectivity index (χ4v) is 1.23. The molecule has 0 amide bonds. The summed E-state index contributed by atoms with van der Waals surface area (Å²) in [5.41, 5.74) is 0. The average Bonchev–Trinajstić information content (AvgIpc) is 2.74. The van der Waals surface area contributed by atoms with Crippen LogP contribution in [0.3, 0.4) is 0 Å². The highest BCUT2D eigenvalue weighted by molar-refractivity contribution is 5.57. The molecule has 2 nitrogen and oxygen atoms in total. The molecular weight excluding hydrogens is 124 g/mol. The second-order valence-corrected chi connectivity index (χ2v) is 3.05. The van der Waals surface area contributed by atoms with Crippen LogP contribution in [0.25, 0.3) is 0 Å². The summed E-state index contributed by atoms with van der Waals surface area (Å²) in [6.07, 6.45) is 10.0. The van der Waals surface area contributed by atoms with Crippen molar-refractivity contribution in [1.82, 2.24) is 5.32 Å². The van der Waals surface area contributed by atoms with Crippen molar-refractivity contribution in [1.29, 1.82) is 0 Å². The van der Waals surface area contributed by atoms with Crippen LogP contribution in [0, 0.1) is 5.92 Å². The predicted octanol–water partition coefficient (Wildman–Crippen LogP) is 1.30. The van der Waals surface area contributed by atoms with Gasteiger partial charge in [0.25, 0.3) is 0 Å². The smallest absolute Gasteiger partial charge is 0.0870 e. The van der Waals surface area contributed by atoms with Crippen molar-refractivity contribution >= 4 is 6.34 Å². The zero-order valence-corrected chi connectivity index (χ0v) is 5.96. The Morgan fingerprint density at radius 2 is 2.40 bits per heavy atom. The van der Waals surface area contributed by atoms with Gasteiger partial charge >= 0.3 is 0 Å². The van der Waals surface area contributed by atoms with E-state index >= 15 is 0 Å². The van der Waals surface area contributed by atoms with E-state index in [2.05, 4.69) is 16.4 Å². The Balaban J connectivity index is 1.84. The Labute approximate surface area is 61.0 Å². The number of hydrogen-bond acceptors (Lipinski definition) is 2. The molecule has 1 aliphatic heterocycles. The van der Waals surface area contributed by atoms with Gasteiger partial charge in [0.15, 0.2) is 0 Å². The highest BCUT2D eigenvalue weighted by Gasteiger charge is 2.24. The first kappa shape index (κ1) is 5.96. The minimum absolute atomic E-state index is 0.466. The summed E-state index contributed by atoms with van der Waals surface area (Å²) < 4.78 is 0. The molecule has 54 valence electrons. The molecular formula is C8H12N2. The van der Waals surface area contributed by atoms with Gasteiger partial charge in [-0.05, 0) is 24.6 Å². The molecule has 1 heterocycles. The molecule has 2 rings (SSSR count). The van der Waals surface area contributed by atoms with Gasteiger partial charge in [0.05, 0.1) is 12.4 Å². The van der Waals surface area contributed by atoms with Crippen LogP contribution >= 0.6 is 0 Å². The van der Waals surface area contributed by atoms with E-state index in [1.54, 1.807) is 6.34 Å². The molecule has 1 unspecified atom stereocenters. The number of rotatable bonds is 2. The molecule has 0 radical (unpaired) electrons. The Morgan fingerprint density at radius 3 is 3.00 bits per heavy atom. The zero-order chi connectivity index (χ0) is 6.81. The van der Waals surface area contributed by atoms with E-state index in [-0.39, 0.29) is 0 Å². The molecule has 0 aromatic carbocycles. The fourth-order valence-electron chi connectivity index (χ4n) is 1.23. The number of hydrogen-bond donors (Lipinski definition) is 1. The third-order valence-electron chi connectivity index (χ3n) is 2.03. The van der Waals surface area contributed by atoms with Gasteiger partial charge in [0, 0.05) is 0 Å². The lowest BCUT2D eigenvalue weighted by Gasteiger charge is -2.09. The molecule has 1 N–H and O–H groups in total. The standard InChI is InChI=1S/C8H12N2/c1-2-7(1)5-8-3-4-9-6-10-8/h3-4,6-8H,1-2,5H2,(H,9,10). The normalized spacial score (nSPS) is 30.2. The van der Waals surface area contributed by atoms with Crippen LogP contribution in [0.1, 0.15) is 19.3 Å². The fraction of sp³-hybridized carbons (Fsp3) is 0.625. The van der Waals surface area contributed by atoms with E-state index in [0.717, 1.165) is 5.92 Å². The lowest BCUT2D eigenvalue weighted by atomic mass is 10.1. The van der Waals surface area contributed by atoms with Crippen molar-refractivity contribution in [3.63, 3.8) is 0 Å². The monoisotopic (exact) mass is 136 g/mol. The van der Waals surface area contributed by atoms with Crippen molar-refractivity contribution in [3.8, 4) is 0 Å². The summed E-state index contributed by atoms with van der Waals surface area (Å²) >= 11 is 0. The highest BCUT2D eigenvalue weighted by Crippen LogP contribution is 2.34. The third kappa shape index (κ3) is 1.38. The molecule has 1 atom stereocenters. The first-order valence-electron chi connectivity index (χ1n) is 3.89. The lowest BCUT2D eigenvalue weighted by molar-refractivity contribution is 0.649. The van der Waals surface area contributed by atoms with E-state index in [0.29, 0.717) is 6.04 Å². The molecule has 1 aliphatic carbocycles. The summed E-state index contributed by atoms with van der Waals surface area (Å²) in [4.78, 5) is 4.29. The number of nitrogens with one attached hydrogen (secondary N) is 1. The quantitative estimate of drug-likeness (QED) is 0.608. The van der Waals surface area contributed by atoms with Crippen molar-refractivity contribution in [2.24, 2.45) is 10.9 Å². The molecule has 10 heavy (non-hydrogen) atoms. The van der Waals surface area contributed by atoms with Crippen LogP contribution in [0.4, 0.5) is 0 Å². The third-order valence-corrected chi connectivity index (χ3v) is 2.03. The topological polar surface area (TPSA) is 24.4 Å². The average molecular weight is 136 g/mol. The molecule has 1 saturated carbocycles. The molecule has 0 saturated heterocycles. The Hall–Kier alpha value is -0.790. The molecule has 1 fully saturated rings. The van der Waals surface area contributed by atoms with Crippen LogP contribution in [0.5, 0.6) is 0 Å². The SMILES string of the molecule is C1=CC(CC2CC2)N=CN1. The summed E-state index contributed by atoms with van der Waals surface area (Å²) in [5.74, 6) is 0.977. The second kappa shape index (κ2) is 2.45. The minimum atomic E-state index is 0.466. The van der Waals surface area contributed by atoms with Crippen molar-refractivity contribution in [2.75, 3.05) is 0 Å². The van der Waals surface area contributed by atoms with Crippen molar-refractivity contribution < 1.29 is 0 Å². The number of aliphatic imine (C=N–C) groups is 1. The highest BCUT2D eigenvalue weighted by atomic mass is 15.0. The van der Waals surface area contributed by atoms with Gasteiger partial charge < -0.3 is 5.32 Å². The van der Waals surface area contributed by atoms with Crippen molar-refractivity contribution in [3.05, 3.63) is 12.3 Å². The second-order valence-electron chi connectivity index (χ2n) is 3.05. The summed E-state index contributed by atoms with van der Waals surface area (Å²) in [7, 11) is 0. The summed E-state index contributed by atoms with van der Waals surface area (Å²) in [6.45, 7) is 0. The van der Waals surface area contributed by atoms with Gasteiger partial charge in [-0.15, -0.1) is 0 Å². The maximum absolute atomic E-state index is 4.29. The van der Waals surface area contributed by atoms with Gasteiger partial charge in [0.2, 0.25) is 0 Å². The first-order chi connectivity index (χ1) is 4.95. The predicted molar refractivity (Wildman–Crippen MR) is 41.9 cm³/mol. The maximum atomic E-state index is 4.29. The lowest BCUT2D eigenvalue weighted by Crippen LogP contribution is -2.13. The molecule has 0 aromatic heterocycles. The van der Waals surface area contributed by atoms with Gasteiger partial charge in [-0.2, -0.15) is 0 Å². The van der Waals surface area contributed by atoms with Crippen LogP contribution < -0.4 is 5.32 Å².